The Kier molecular flexibility index (Phi) is 5.51. The van der Waals surface area contributed by atoms with Gasteiger partial charge in [-0.2, -0.15) is 0 Å². The maximum atomic E-state index is 12.0. The fourth-order valence-electron chi connectivity index (χ4n) is 1.64. The Morgan fingerprint density at radius 1 is 1.35 bits per heavy atom. The molecule has 1 aromatic heterocycles. The minimum Gasteiger partial charge on any atom is -0.430 e. The highest BCUT2D eigenvalue weighted by atomic mass is 32.2. The van der Waals surface area contributed by atoms with E-state index in [1.165, 1.54) is 0 Å². The number of fused-ring (bicyclic) bond motifs is 1. The fraction of sp³-hybridized carbons (Fsp3) is 0.462. The third kappa shape index (κ3) is 4.03. The first-order valence-corrected chi connectivity index (χ1v) is 7.63. The summed E-state index contributed by atoms with van der Waals surface area (Å²) in [4.78, 5) is 4.19. The molecule has 1 unspecified atom stereocenters. The van der Waals surface area contributed by atoms with Gasteiger partial charge in [-0.1, -0.05) is 0 Å². The van der Waals surface area contributed by atoms with E-state index in [1.54, 1.807) is 25.3 Å². The van der Waals surface area contributed by atoms with E-state index in [9.17, 15) is 4.21 Å². The highest BCUT2D eigenvalue weighted by Gasteiger charge is 2.12. The summed E-state index contributed by atoms with van der Waals surface area (Å²) in [6, 6.07) is 5.16. The number of hydrogen-bond donors (Lipinski definition) is 1. The lowest BCUT2D eigenvalue weighted by molar-refractivity contribution is 0.0713. The van der Waals surface area contributed by atoms with Crippen LogP contribution in [0.2, 0.25) is 0 Å². The van der Waals surface area contributed by atoms with Gasteiger partial charge in [-0.25, -0.2) is 9.19 Å². The van der Waals surface area contributed by atoms with Gasteiger partial charge >= 0.3 is 0 Å². The fourth-order valence-corrected chi connectivity index (χ4v) is 2.58. The van der Waals surface area contributed by atoms with Gasteiger partial charge in [0.25, 0.3) is 5.22 Å². The molecule has 0 aliphatic rings. The molecule has 1 heterocycles. The van der Waals surface area contributed by atoms with Gasteiger partial charge in [-0.05, 0) is 24.6 Å². The molecule has 2 N–H and O–H groups in total. The zero-order valence-electron chi connectivity index (χ0n) is 11.3. The molecule has 0 amide bonds. The van der Waals surface area contributed by atoms with Crippen LogP contribution in [0, 0.1) is 0 Å². The number of nitrogen functional groups attached to an aromatic ring is 1. The molecule has 20 heavy (non-hydrogen) atoms. The van der Waals surface area contributed by atoms with Gasteiger partial charge in [-0.3, -0.25) is 0 Å². The van der Waals surface area contributed by atoms with Crippen molar-refractivity contribution in [3.63, 3.8) is 0 Å². The van der Waals surface area contributed by atoms with Crippen LogP contribution in [0.25, 0.3) is 11.1 Å². The summed E-state index contributed by atoms with van der Waals surface area (Å²) in [7, 11) is 0.364. The number of anilines is 1. The van der Waals surface area contributed by atoms with Crippen molar-refractivity contribution in [2.45, 2.75) is 11.6 Å². The lowest BCUT2D eigenvalue weighted by Crippen LogP contribution is -2.06. The van der Waals surface area contributed by atoms with Crippen molar-refractivity contribution in [2.75, 3.05) is 38.4 Å². The van der Waals surface area contributed by atoms with Crippen molar-refractivity contribution >= 4 is 27.6 Å². The van der Waals surface area contributed by atoms with Gasteiger partial charge in [0.1, 0.15) is 16.3 Å². The highest BCUT2D eigenvalue weighted by Crippen LogP contribution is 2.20. The van der Waals surface area contributed by atoms with Crippen LogP contribution in [0.4, 0.5) is 5.69 Å². The van der Waals surface area contributed by atoms with E-state index in [0.29, 0.717) is 48.8 Å². The Labute approximate surface area is 119 Å². The van der Waals surface area contributed by atoms with Crippen LogP contribution in [0.15, 0.2) is 27.8 Å². The van der Waals surface area contributed by atoms with Gasteiger partial charge in [0.15, 0.2) is 5.58 Å². The number of oxazole rings is 1. The number of rotatable bonds is 8. The number of nitrogens with two attached hydrogens (primary N) is 1. The molecular weight excluding hydrogens is 280 g/mol. The number of methoxy groups -OCH3 is 1. The van der Waals surface area contributed by atoms with Gasteiger partial charge in [-0.15, -0.1) is 0 Å². The number of benzene rings is 1. The third-order valence-electron chi connectivity index (χ3n) is 2.64. The van der Waals surface area contributed by atoms with Gasteiger partial charge < -0.3 is 19.6 Å². The first-order chi connectivity index (χ1) is 9.70. The second-order valence-electron chi connectivity index (χ2n) is 4.22. The van der Waals surface area contributed by atoms with Crippen molar-refractivity contribution in [1.82, 2.24) is 4.98 Å². The normalized spacial score (nSPS) is 12.8. The summed E-state index contributed by atoms with van der Waals surface area (Å²) in [6.45, 7) is 1.66. The number of nitrogens with zero attached hydrogens (tertiary/aromatic N) is 1. The predicted octanol–water partition coefficient (Wildman–Crippen LogP) is 1.57. The topological polar surface area (TPSA) is 87.6 Å². The van der Waals surface area contributed by atoms with E-state index in [4.69, 9.17) is 19.6 Å². The molecule has 110 valence electrons. The molecule has 0 aliphatic heterocycles. The van der Waals surface area contributed by atoms with E-state index in [0.717, 1.165) is 0 Å². The van der Waals surface area contributed by atoms with Gasteiger partial charge in [0, 0.05) is 25.2 Å². The zero-order chi connectivity index (χ0) is 14.4. The third-order valence-corrected chi connectivity index (χ3v) is 3.86. The van der Waals surface area contributed by atoms with Crippen LogP contribution in [0.3, 0.4) is 0 Å². The molecule has 0 fully saturated rings. The lowest BCUT2D eigenvalue weighted by atomic mass is 10.3. The molecule has 2 aromatic rings. The molecule has 2 rings (SSSR count). The molecule has 0 aliphatic carbocycles. The van der Waals surface area contributed by atoms with Crippen molar-refractivity contribution in [1.29, 1.82) is 0 Å². The SMILES string of the molecule is COCCOCCCS(=O)c1nc2cc(N)ccc2o1. The van der Waals surface area contributed by atoms with Crippen LogP contribution < -0.4 is 5.73 Å². The Balaban J connectivity index is 1.85. The van der Waals surface area contributed by atoms with Crippen molar-refractivity contribution < 1.29 is 18.1 Å². The Morgan fingerprint density at radius 2 is 2.20 bits per heavy atom. The standard InChI is InChI=1S/C13H18N2O4S/c1-17-6-7-18-5-2-8-20(16)13-15-11-9-10(14)3-4-12(11)19-13/h3-4,9H,2,5-8,14H2,1H3. The summed E-state index contributed by atoms with van der Waals surface area (Å²) in [5.41, 5.74) is 7.49. The Morgan fingerprint density at radius 3 is 3.00 bits per heavy atom. The summed E-state index contributed by atoms with van der Waals surface area (Å²) < 4.78 is 27.7. The van der Waals surface area contributed by atoms with Crippen LogP contribution >= 0.6 is 0 Å². The predicted molar refractivity (Wildman–Crippen MR) is 77.0 cm³/mol. The van der Waals surface area contributed by atoms with Crippen LogP contribution in [0.5, 0.6) is 0 Å². The largest absolute Gasteiger partial charge is 0.430 e. The number of hydrogen-bond acceptors (Lipinski definition) is 6. The lowest BCUT2D eigenvalue weighted by Gasteiger charge is -2.02. The van der Waals surface area contributed by atoms with Crippen LogP contribution in [0.1, 0.15) is 6.42 Å². The monoisotopic (exact) mass is 298 g/mol. The highest BCUT2D eigenvalue weighted by molar-refractivity contribution is 7.84. The maximum Gasteiger partial charge on any atom is 0.287 e. The number of ether oxygens (including phenoxy) is 2. The Bertz CT molecular complexity index is 585. The van der Waals surface area contributed by atoms with Gasteiger partial charge in [0.2, 0.25) is 0 Å². The molecule has 1 atom stereocenters. The Hall–Kier alpha value is -1.44. The second kappa shape index (κ2) is 7.37. The molecule has 1 aromatic carbocycles. The molecule has 0 saturated heterocycles. The minimum absolute atomic E-state index is 0.238. The second-order valence-corrected chi connectivity index (χ2v) is 5.66. The summed E-state index contributed by atoms with van der Waals surface area (Å²) in [5.74, 6) is 0.454. The molecule has 0 saturated carbocycles. The first-order valence-electron chi connectivity index (χ1n) is 6.32. The average Bonchev–Trinajstić information content (AvgIpc) is 2.85. The minimum atomic E-state index is -1.26. The summed E-state index contributed by atoms with van der Waals surface area (Å²) in [5, 5.41) is 0.238. The molecule has 7 heteroatoms. The van der Waals surface area contributed by atoms with Crippen molar-refractivity contribution in [3.05, 3.63) is 18.2 Å². The van der Waals surface area contributed by atoms with Crippen LogP contribution in [-0.2, 0) is 20.3 Å². The molecule has 6 nitrogen and oxygen atoms in total. The average molecular weight is 298 g/mol. The van der Waals surface area contributed by atoms with E-state index >= 15 is 0 Å². The van der Waals surface area contributed by atoms with E-state index in [1.807, 2.05) is 0 Å². The molecule has 0 bridgehead atoms. The van der Waals surface area contributed by atoms with Crippen molar-refractivity contribution in [3.8, 4) is 0 Å². The van der Waals surface area contributed by atoms with Crippen molar-refractivity contribution in [2.24, 2.45) is 0 Å². The van der Waals surface area contributed by atoms with Gasteiger partial charge in [0.05, 0.1) is 13.2 Å². The molecular formula is C13H18N2O4S. The first kappa shape index (κ1) is 15.0. The van der Waals surface area contributed by atoms with Crippen LogP contribution in [-0.4, -0.2) is 41.9 Å². The molecule has 0 spiro atoms. The van der Waals surface area contributed by atoms with E-state index < -0.39 is 10.8 Å². The zero-order valence-corrected chi connectivity index (χ0v) is 12.1. The quantitative estimate of drug-likeness (QED) is 0.588. The summed E-state index contributed by atoms with van der Waals surface area (Å²) in [6.07, 6.45) is 0.678. The van der Waals surface area contributed by atoms with E-state index in [2.05, 4.69) is 4.98 Å². The smallest absolute Gasteiger partial charge is 0.287 e. The summed E-state index contributed by atoms with van der Waals surface area (Å²) >= 11 is 0. The molecule has 0 radical (unpaired) electrons. The number of aromatic nitrogens is 1. The maximum absolute atomic E-state index is 12.0. The van der Waals surface area contributed by atoms with E-state index in [-0.39, 0.29) is 5.22 Å².